The monoisotopic (exact) mass is 545 g/mol. The molecule has 4 aromatic rings. The Morgan fingerprint density at radius 2 is 1.82 bits per heavy atom. The second-order valence-corrected chi connectivity index (χ2v) is 10.2. The zero-order valence-electron chi connectivity index (χ0n) is 22.4. The number of nitrogens with zero attached hydrogens (tertiary/aromatic N) is 3. The molecule has 0 saturated carbocycles. The first-order valence-corrected chi connectivity index (χ1v) is 13.5. The fourth-order valence-corrected chi connectivity index (χ4v) is 5.77. The first-order valence-electron chi connectivity index (χ1n) is 12.6. The molecule has 202 valence electrons. The van der Waals surface area contributed by atoms with Crippen LogP contribution in [0.2, 0.25) is 0 Å². The van der Waals surface area contributed by atoms with Gasteiger partial charge < -0.3 is 10.1 Å². The highest BCUT2D eigenvalue weighted by molar-refractivity contribution is 7.99. The van der Waals surface area contributed by atoms with E-state index in [0.717, 1.165) is 44.6 Å². The van der Waals surface area contributed by atoms with Crippen LogP contribution >= 0.6 is 11.8 Å². The van der Waals surface area contributed by atoms with Gasteiger partial charge in [0.1, 0.15) is 11.2 Å². The molecule has 9 nitrogen and oxygen atoms in total. The average Bonchev–Trinajstić information content (AvgIpc) is 2.89. The maximum absolute atomic E-state index is 12.4. The van der Waals surface area contributed by atoms with Crippen LogP contribution in [-0.2, 0) is 16.1 Å². The molecule has 2 N–H and O–H groups in total. The van der Waals surface area contributed by atoms with Gasteiger partial charge in [0.25, 0.3) is 5.56 Å². The van der Waals surface area contributed by atoms with E-state index in [4.69, 9.17) is 4.74 Å². The lowest BCUT2D eigenvalue weighted by molar-refractivity contribution is -0.142. The van der Waals surface area contributed by atoms with Crippen molar-refractivity contribution >= 4 is 17.7 Å². The normalized spacial score (nSPS) is 11.8. The average molecular weight is 546 g/mol. The molecule has 2 aromatic carbocycles. The molecule has 1 atom stereocenters. The molecule has 10 heteroatoms. The van der Waals surface area contributed by atoms with Gasteiger partial charge in [-0.15, -0.1) is 0 Å². The number of hydrogen-bond acceptors (Lipinski definition) is 8. The number of benzene rings is 2. The second-order valence-electron chi connectivity index (χ2n) is 9.13. The van der Waals surface area contributed by atoms with Gasteiger partial charge in [-0.05, 0) is 73.7 Å². The van der Waals surface area contributed by atoms with Crippen LogP contribution in [0.25, 0.3) is 5.69 Å². The maximum Gasteiger partial charge on any atom is 0.349 e. The SMILES string of the molecule is CCOC(=O)CNCc1cccnc1SC(c1ccc(C)cc1)c1c(C)cc(-n2ncc(=O)[nH]c2=O)cc1C. The number of carbonyl (C=O) groups excluding carboxylic acids is 1. The van der Waals surface area contributed by atoms with E-state index in [1.165, 1.54) is 4.68 Å². The lowest BCUT2D eigenvalue weighted by Gasteiger charge is -2.24. The van der Waals surface area contributed by atoms with Crippen molar-refractivity contribution in [3.05, 3.63) is 115 Å². The Morgan fingerprint density at radius 1 is 1.10 bits per heavy atom. The summed E-state index contributed by atoms with van der Waals surface area (Å²) in [5, 5.41) is 7.91. The summed E-state index contributed by atoms with van der Waals surface area (Å²) in [5.74, 6) is -0.296. The van der Waals surface area contributed by atoms with Gasteiger partial charge in [0.05, 0.1) is 24.1 Å². The molecular formula is C29H31N5O4S. The summed E-state index contributed by atoms with van der Waals surface area (Å²) in [7, 11) is 0. The second kappa shape index (κ2) is 12.7. The van der Waals surface area contributed by atoms with Crippen LogP contribution in [0.1, 0.15) is 45.6 Å². The Kier molecular flexibility index (Phi) is 9.11. The van der Waals surface area contributed by atoms with Gasteiger partial charge in [0.15, 0.2) is 0 Å². The van der Waals surface area contributed by atoms with Gasteiger partial charge in [-0.1, -0.05) is 47.7 Å². The molecule has 2 aromatic heterocycles. The summed E-state index contributed by atoms with van der Waals surface area (Å²) in [6.45, 7) is 8.77. The Morgan fingerprint density at radius 3 is 2.49 bits per heavy atom. The third-order valence-corrected chi connectivity index (χ3v) is 7.48. The number of H-pyrrole nitrogens is 1. The van der Waals surface area contributed by atoms with Crippen LogP contribution in [0.3, 0.4) is 0 Å². The fraction of sp³-hybridized carbons (Fsp3) is 0.276. The predicted octanol–water partition coefficient (Wildman–Crippen LogP) is 3.78. The number of thioether (sulfide) groups is 1. The number of nitrogens with one attached hydrogen (secondary N) is 2. The third-order valence-electron chi connectivity index (χ3n) is 6.15. The number of aryl methyl sites for hydroxylation is 3. The van der Waals surface area contributed by atoms with Crippen molar-refractivity contribution in [2.24, 2.45) is 0 Å². The fourth-order valence-electron chi connectivity index (χ4n) is 4.35. The van der Waals surface area contributed by atoms with Crippen molar-refractivity contribution in [2.45, 2.75) is 44.5 Å². The van der Waals surface area contributed by atoms with Crippen LogP contribution < -0.4 is 16.6 Å². The Bertz CT molecular complexity index is 1560. The largest absolute Gasteiger partial charge is 0.465 e. The highest BCUT2D eigenvalue weighted by atomic mass is 32.2. The summed E-state index contributed by atoms with van der Waals surface area (Å²) in [6.07, 6.45) is 2.85. The summed E-state index contributed by atoms with van der Waals surface area (Å²) in [6, 6.07) is 16.1. The number of pyridine rings is 1. The topological polar surface area (TPSA) is 119 Å². The minimum atomic E-state index is -0.591. The molecular weight excluding hydrogens is 514 g/mol. The van der Waals surface area contributed by atoms with Gasteiger partial charge in [-0.3, -0.25) is 14.6 Å². The number of carbonyl (C=O) groups is 1. The van der Waals surface area contributed by atoms with Gasteiger partial charge in [0, 0.05) is 12.7 Å². The minimum absolute atomic E-state index is 0.0985. The van der Waals surface area contributed by atoms with Crippen LogP contribution in [0, 0.1) is 20.8 Å². The van der Waals surface area contributed by atoms with Gasteiger partial charge in [-0.2, -0.15) is 9.78 Å². The molecule has 0 saturated heterocycles. The maximum atomic E-state index is 12.4. The molecule has 39 heavy (non-hydrogen) atoms. The Balaban J connectivity index is 1.72. The molecule has 0 aliphatic carbocycles. The highest BCUT2D eigenvalue weighted by Crippen LogP contribution is 2.43. The summed E-state index contributed by atoms with van der Waals surface area (Å²) < 4.78 is 6.20. The van der Waals surface area contributed by atoms with Crippen molar-refractivity contribution in [2.75, 3.05) is 13.2 Å². The van der Waals surface area contributed by atoms with Crippen molar-refractivity contribution in [1.29, 1.82) is 0 Å². The number of esters is 1. The molecule has 0 aliphatic heterocycles. The molecule has 0 spiro atoms. The predicted molar refractivity (Wildman–Crippen MR) is 151 cm³/mol. The quantitative estimate of drug-likeness (QED) is 0.228. The first-order chi connectivity index (χ1) is 18.8. The van der Waals surface area contributed by atoms with Gasteiger partial charge >= 0.3 is 11.7 Å². The van der Waals surface area contributed by atoms with E-state index >= 15 is 0 Å². The molecule has 4 rings (SSSR count). The number of ether oxygens (including phenoxy) is 1. The van der Waals surface area contributed by atoms with Crippen LogP contribution in [0.15, 0.2) is 75.5 Å². The number of rotatable bonds is 10. The van der Waals surface area contributed by atoms with E-state index in [1.807, 2.05) is 38.1 Å². The summed E-state index contributed by atoms with van der Waals surface area (Å²) in [4.78, 5) is 42.6. The molecule has 0 fully saturated rings. The van der Waals surface area contributed by atoms with Crippen LogP contribution in [0.5, 0.6) is 0 Å². The van der Waals surface area contributed by atoms with E-state index in [0.29, 0.717) is 18.8 Å². The van der Waals surface area contributed by atoms with E-state index in [2.05, 4.69) is 51.6 Å². The minimum Gasteiger partial charge on any atom is -0.465 e. The lowest BCUT2D eigenvalue weighted by Crippen LogP contribution is -2.30. The standard InChI is InChI=1S/C29H31N5O4S/c1-5-38-25(36)17-30-15-22-7-6-12-31-28(22)39-27(21-10-8-18(2)9-11-21)26-19(3)13-23(14-20(26)4)34-29(37)33-24(35)16-32-34/h6-14,16,27,30H,5,15,17H2,1-4H3,(H,33,35,37). The van der Waals surface area contributed by atoms with E-state index in [1.54, 1.807) is 24.9 Å². The van der Waals surface area contributed by atoms with E-state index in [-0.39, 0.29) is 17.8 Å². The zero-order chi connectivity index (χ0) is 27.9. The van der Waals surface area contributed by atoms with Crippen LogP contribution in [-0.4, -0.2) is 38.9 Å². The van der Waals surface area contributed by atoms with Crippen molar-refractivity contribution < 1.29 is 9.53 Å². The lowest BCUT2D eigenvalue weighted by atomic mass is 9.94. The molecule has 0 aliphatic rings. The molecule has 0 radical (unpaired) electrons. The summed E-state index contributed by atoms with van der Waals surface area (Å²) in [5.41, 5.74) is 5.73. The van der Waals surface area contributed by atoms with Crippen LogP contribution in [0.4, 0.5) is 0 Å². The highest BCUT2D eigenvalue weighted by Gasteiger charge is 2.23. The molecule has 1 unspecified atom stereocenters. The number of aromatic nitrogens is 4. The Labute approximate surface area is 230 Å². The van der Waals surface area contributed by atoms with Crippen molar-refractivity contribution in [3.8, 4) is 5.69 Å². The molecule has 0 amide bonds. The third kappa shape index (κ3) is 6.90. The van der Waals surface area contributed by atoms with E-state index < -0.39 is 11.2 Å². The molecule has 0 bridgehead atoms. The van der Waals surface area contributed by atoms with Crippen molar-refractivity contribution in [1.82, 2.24) is 25.1 Å². The smallest absolute Gasteiger partial charge is 0.349 e. The molecule has 2 heterocycles. The number of hydrogen-bond donors (Lipinski definition) is 2. The van der Waals surface area contributed by atoms with Gasteiger partial charge in [0.2, 0.25) is 0 Å². The number of aromatic amines is 1. The van der Waals surface area contributed by atoms with E-state index in [9.17, 15) is 14.4 Å². The van der Waals surface area contributed by atoms with Gasteiger partial charge in [-0.25, -0.2) is 9.78 Å². The zero-order valence-corrected chi connectivity index (χ0v) is 23.2. The summed E-state index contributed by atoms with van der Waals surface area (Å²) >= 11 is 1.63. The first kappa shape index (κ1) is 28.0. The van der Waals surface area contributed by atoms with Crippen molar-refractivity contribution in [3.63, 3.8) is 0 Å². The Hall–Kier alpha value is -4.02.